The summed E-state index contributed by atoms with van der Waals surface area (Å²) in [5.74, 6) is -0.394. The standard InChI is InChI=1S/C9H17N5O3S2/c1-9(2,3)5(10)6(15)11-7-12-13-8(18-7)14-19(4,16)17/h5H,10H2,1-4H3,(H,13,14)(H,11,12,15)/t5-/m1/s1. The summed E-state index contributed by atoms with van der Waals surface area (Å²) >= 11 is 0.916. The number of hydrogen-bond acceptors (Lipinski definition) is 7. The second-order valence-corrected chi connectivity index (χ2v) is 7.85. The Labute approximate surface area is 115 Å². The molecule has 4 N–H and O–H groups in total. The van der Waals surface area contributed by atoms with Gasteiger partial charge in [0.05, 0.1) is 12.3 Å². The molecule has 1 amide bonds. The monoisotopic (exact) mass is 307 g/mol. The highest BCUT2D eigenvalue weighted by Crippen LogP contribution is 2.23. The first-order valence-electron chi connectivity index (χ1n) is 5.37. The lowest BCUT2D eigenvalue weighted by atomic mass is 9.87. The fourth-order valence-corrected chi connectivity index (χ4v) is 2.53. The normalized spacial score (nSPS) is 13.9. The van der Waals surface area contributed by atoms with Crippen molar-refractivity contribution in [2.45, 2.75) is 26.8 Å². The molecule has 0 saturated heterocycles. The van der Waals surface area contributed by atoms with Gasteiger partial charge in [0.15, 0.2) is 0 Å². The third kappa shape index (κ3) is 5.09. The summed E-state index contributed by atoms with van der Waals surface area (Å²) in [7, 11) is -3.41. The quantitative estimate of drug-likeness (QED) is 0.730. The number of rotatable bonds is 4. The van der Waals surface area contributed by atoms with Gasteiger partial charge in [-0.3, -0.25) is 14.8 Å². The summed E-state index contributed by atoms with van der Waals surface area (Å²) in [5, 5.41) is 10.0. The van der Waals surface area contributed by atoms with Gasteiger partial charge in [-0.1, -0.05) is 32.1 Å². The number of carbonyl (C=O) groups is 1. The molecular formula is C9H17N5O3S2. The van der Waals surface area contributed by atoms with Gasteiger partial charge in [0.25, 0.3) is 0 Å². The summed E-state index contributed by atoms with van der Waals surface area (Å²) < 4.78 is 24.2. The Kier molecular flexibility index (Phi) is 4.48. The lowest BCUT2D eigenvalue weighted by Gasteiger charge is -2.25. The molecule has 0 aliphatic rings. The second-order valence-electron chi connectivity index (χ2n) is 5.12. The van der Waals surface area contributed by atoms with Crippen molar-refractivity contribution in [3.8, 4) is 0 Å². The third-order valence-electron chi connectivity index (χ3n) is 2.14. The lowest BCUT2D eigenvalue weighted by molar-refractivity contribution is -0.119. The van der Waals surface area contributed by atoms with E-state index in [4.69, 9.17) is 5.73 Å². The maximum absolute atomic E-state index is 11.8. The van der Waals surface area contributed by atoms with Crippen LogP contribution in [0.5, 0.6) is 0 Å². The van der Waals surface area contributed by atoms with E-state index in [1.807, 2.05) is 20.8 Å². The van der Waals surface area contributed by atoms with Crippen LogP contribution in [-0.2, 0) is 14.8 Å². The van der Waals surface area contributed by atoms with Crippen LogP contribution in [0.3, 0.4) is 0 Å². The fourth-order valence-electron chi connectivity index (χ4n) is 1.05. The molecular weight excluding hydrogens is 290 g/mol. The van der Waals surface area contributed by atoms with Crippen LogP contribution in [0.4, 0.5) is 10.3 Å². The van der Waals surface area contributed by atoms with Gasteiger partial charge < -0.3 is 5.73 Å². The van der Waals surface area contributed by atoms with E-state index < -0.39 is 22.0 Å². The van der Waals surface area contributed by atoms with Gasteiger partial charge in [0.2, 0.25) is 26.2 Å². The predicted molar refractivity (Wildman–Crippen MR) is 74.4 cm³/mol. The molecule has 0 unspecified atom stereocenters. The Morgan fingerprint density at radius 3 is 2.32 bits per heavy atom. The van der Waals surface area contributed by atoms with Crippen molar-refractivity contribution in [3.05, 3.63) is 0 Å². The van der Waals surface area contributed by atoms with Crippen molar-refractivity contribution in [1.82, 2.24) is 10.2 Å². The van der Waals surface area contributed by atoms with Gasteiger partial charge >= 0.3 is 0 Å². The number of nitrogens with zero attached hydrogens (tertiary/aromatic N) is 2. The number of aromatic nitrogens is 2. The molecule has 0 radical (unpaired) electrons. The highest BCUT2D eigenvalue weighted by Gasteiger charge is 2.28. The van der Waals surface area contributed by atoms with Gasteiger partial charge in [0.1, 0.15) is 0 Å². The molecule has 0 saturated carbocycles. The number of anilines is 2. The number of hydrogen-bond donors (Lipinski definition) is 3. The van der Waals surface area contributed by atoms with E-state index in [2.05, 4.69) is 20.2 Å². The number of carbonyl (C=O) groups excluding carboxylic acids is 1. The van der Waals surface area contributed by atoms with Crippen LogP contribution in [0.25, 0.3) is 0 Å². The molecule has 8 nitrogen and oxygen atoms in total. The zero-order valence-corrected chi connectivity index (χ0v) is 12.7. The van der Waals surface area contributed by atoms with Crippen molar-refractivity contribution >= 4 is 37.5 Å². The third-order valence-corrected chi connectivity index (χ3v) is 3.59. The zero-order valence-electron chi connectivity index (χ0n) is 11.1. The van der Waals surface area contributed by atoms with Gasteiger partial charge in [-0.25, -0.2) is 8.42 Å². The minimum absolute atomic E-state index is 0.0853. The molecule has 0 aliphatic heterocycles. The van der Waals surface area contributed by atoms with Crippen LogP contribution >= 0.6 is 11.3 Å². The molecule has 0 fully saturated rings. The molecule has 19 heavy (non-hydrogen) atoms. The minimum atomic E-state index is -3.41. The molecule has 0 aromatic carbocycles. The van der Waals surface area contributed by atoms with Crippen LogP contribution in [-0.4, -0.2) is 36.8 Å². The maximum atomic E-state index is 11.8. The number of sulfonamides is 1. The number of amides is 1. The highest BCUT2D eigenvalue weighted by atomic mass is 32.2. The van der Waals surface area contributed by atoms with Crippen LogP contribution in [0.15, 0.2) is 0 Å². The Bertz CT molecular complexity index is 561. The lowest BCUT2D eigenvalue weighted by Crippen LogP contribution is -2.45. The number of nitrogens with one attached hydrogen (secondary N) is 2. The Morgan fingerprint density at radius 1 is 1.32 bits per heavy atom. The van der Waals surface area contributed by atoms with E-state index in [9.17, 15) is 13.2 Å². The Balaban J connectivity index is 2.72. The average molecular weight is 307 g/mol. The van der Waals surface area contributed by atoms with Gasteiger partial charge in [0, 0.05) is 0 Å². The van der Waals surface area contributed by atoms with Crippen LogP contribution in [0.1, 0.15) is 20.8 Å². The van der Waals surface area contributed by atoms with Crippen LogP contribution in [0.2, 0.25) is 0 Å². The van der Waals surface area contributed by atoms with Gasteiger partial charge in [-0.15, -0.1) is 10.2 Å². The topological polar surface area (TPSA) is 127 Å². The molecule has 1 atom stereocenters. The van der Waals surface area contributed by atoms with Crippen molar-refractivity contribution in [3.63, 3.8) is 0 Å². The van der Waals surface area contributed by atoms with E-state index in [1.165, 1.54) is 0 Å². The van der Waals surface area contributed by atoms with E-state index in [0.29, 0.717) is 0 Å². The summed E-state index contributed by atoms with van der Waals surface area (Å²) in [5.41, 5.74) is 5.40. The SMILES string of the molecule is CC(C)(C)[C@H](N)C(=O)Nc1nnc(NS(C)(=O)=O)s1. The summed E-state index contributed by atoms with van der Waals surface area (Å²) in [6, 6.07) is -0.706. The van der Waals surface area contributed by atoms with Gasteiger partial charge in [-0.05, 0) is 5.41 Å². The first kappa shape index (κ1) is 15.8. The largest absolute Gasteiger partial charge is 0.319 e. The van der Waals surface area contributed by atoms with E-state index >= 15 is 0 Å². The second kappa shape index (κ2) is 5.39. The zero-order chi connectivity index (χ0) is 14.8. The van der Waals surface area contributed by atoms with E-state index in [-0.39, 0.29) is 15.7 Å². The summed E-state index contributed by atoms with van der Waals surface area (Å²) in [6.45, 7) is 5.52. The van der Waals surface area contributed by atoms with Crippen molar-refractivity contribution in [2.24, 2.45) is 11.1 Å². The summed E-state index contributed by atoms with van der Waals surface area (Å²) in [4.78, 5) is 11.8. The van der Waals surface area contributed by atoms with E-state index in [1.54, 1.807) is 0 Å². The van der Waals surface area contributed by atoms with Crippen molar-refractivity contribution in [2.75, 3.05) is 16.3 Å². The first-order valence-corrected chi connectivity index (χ1v) is 8.07. The molecule has 1 aromatic rings. The smallest absolute Gasteiger partial charge is 0.243 e. The fraction of sp³-hybridized carbons (Fsp3) is 0.667. The van der Waals surface area contributed by atoms with Crippen molar-refractivity contribution < 1.29 is 13.2 Å². The maximum Gasteiger partial charge on any atom is 0.243 e. The van der Waals surface area contributed by atoms with E-state index in [0.717, 1.165) is 17.6 Å². The molecule has 1 aromatic heterocycles. The van der Waals surface area contributed by atoms with Crippen molar-refractivity contribution in [1.29, 1.82) is 0 Å². The van der Waals surface area contributed by atoms with Crippen LogP contribution < -0.4 is 15.8 Å². The molecule has 0 spiro atoms. The predicted octanol–water partition coefficient (Wildman–Crippen LogP) is 0.221. The molecule has 1 rings (SSSR count). The molecule has 0 bridgehead atoms. The summed E-state index contributed by atoms with van der Waals surface area (Å²) in [6.07, 6.45) is 1.00. The molecule has 10 heteroatoms. The molecule has 108 valence electrons. The van der Waals surface area contributed by atoms with Crippen LogP contribution in [0, 0.1) is 5.41 Å². The highest BCUT2D eigenvalue weighted by molar-refractivity contribution is 7.92. The molecule has 1 heterocycles. The average Bonchev–Trinajstić information content (AvgIpc) is 2.60. The molecule has 0 aliphatic carbocycles. The Hall–Kier alpha value is -1.26. The minimum Gasteiger partial charge on any atom is -0.319 e. The van der Waals surface area contributed by atoms with Gasteiger partial charge in [-0.2, -0.15) is 0 Å². The first-order chi connectivity index (χ1) is 8.49. The number of nitrogens with two attached hydrogens (primary N) is 1. The Morgan fingerprint density at radius 2 is 1.84 bits per heavy atom.